The van der Waals surface area contributed by atoms with E-state index in [1.807, 2.05) is 19.9 Å². The van der Waals surface area contributed by atoms with Crippen LogP contribution in [0.3, 0.4) is 0 Å². The van der Waals surface area contributed by atoms with Crippen molar-refractivity contribution in [2.45, 2.75) is 50.6 Å². The molecule has 1 atom stereocenters. The maximum atomic E-state index is 13.7. The minimum Gasteiger partial charge on any atom is -0.292 e. The molecule has 1 unspecified atom stereocenters. The summed E-state index contributed by atoms with van der Waals surface area (Å²) >= 11 is 0. The molecule has 4 rings (SSSR count). The van der Waals surface area contributed by atoms with Crippen LogP contribution < -0.4 is 4.72 Å². The van der Waals surface area contributed by atoms with E-state index in [1.165, 1.54) is 18.3 Å². The fourth-order valence-corrected chi connectivity index (χ4v) is 5.11. The van der Waals surface area contributed by atoms with Crippen molar-refractivity contribution < 1.29 is 17.2 Å². The molecule has 9 heteroatoms. The summed E-state index contributed by atoms with van der Waals surface area (Å²) < 4.78 is 55.7. The molecule has 3 aromatic rings. The van der Waals surface area contributed by atoms with Gasteiger partial charge in [0.05, 0.1) is 23.0 Å². The zero-order valence-electron chi connectivity index (χ0n) is 18.6. The molecule has 0 fully saturated rings. The lowest BCUT2D eigenvalue weighted by Gasteiger charge is -2.34. The van der Waals surface area contributed by atoms with Crippen molar-refractivity contribution >= 4 is 15.8 Å². The van der Waals surface area contributed by atoms with E-state index in [1.54, 1.807) is 18.3 Å². The standard InChI is InChI=1S/C24H26F2N4O2S/c1-3-4-22-13-28-24(14-27-22)29-33(31,32)23-6-5-17-7-8-30(15-19(17)11-23)16(2)18-9-20(25)12-21(26)10-18/h5-6,9-14,16H,3-4,7-8,15H2,1-2H3,(H,28,29). The summed E-state index contributed by atoms with van der Waals surface area (Å²) in [6.45, 7) is 5.11. The van der Waals surface area contributed by atoms with E-state index < -0.39 is 21.7 Å². The van der Waals surface area contributed by atoms with Gasteiger partial charge in [0.15, 0.2) is 5.82 Å². The molecule has 1 N–H and O–H groups in total. The molecular weight excluding hydrogens is 446 g/mol. The zero-order valence-corrected chi connectivity index (χ0v) is 19.4. The van der Waals surface area contributed by atoms with Crippen LogP contribution in [0.25, 0.3) is 0 Å². The Kier molecular flexibility index (Phi) is 6.71. The SMILES string of the molecule is CCCc1cnc(NS(=O)(=O)c2ccc3c(c2)CN(C(C)c2cc(F)cc(F)c2)CC3)cn1. The molecule has 33 heavy (non-hydrogen) atoms. The fraction of sp³-hybridized carbons (Fsp3) is 0.333. The number of nitrogens with one attached hydrogen (secondary N) is 1. The third-order valence-corrected chi connectivity index (χ3v) is 7.25. The number of hydrogen-bond donors (Lipinski definition) is 1. The molecule has 0 spiro atoms. The fourth-order valence-electron chi connectivity index (χ4n) is 4.07. The number of halogens is 2. The Hall–Kier alpha value is -2.91. The van der Waals surface area contributed by atoms with E-state index in [4.69, 9.17) is 0 Å². The highest BCUT2D eigenvalue weighted by Gasteiger charge is 2.25. The molecule has 1 aliphatic rings. The van der Waals surface area contributed by atoms with E-state index in [2.05, 4.69) is 19.6 Å². The first kappa shape index (κ1) is 23.3. The number of anilines is 1. The number of aromatic nitrogens is 2. The van der Waals surface area contributed by atoms with Gasteiger partial charge in [-0.3, -0.25) is 14.6 Å². The Morgan fingerprint density at radius 2 is 1.82 bits per heavy atom. The Labute approximate surface area is 192 Å². The van der Waals surface area contributed by atoms with Crippen molar-refractivity contribution in [2.75, 3.05) is 11.3 Å². The van der Waals surface area contributed by atoms with Gasteiger partial charge in [0.1, 0.15) is 11.6 Å². The highest BCUT2D eigenvalue weighted by molar-refractivity contribution is 7.92. The predicted octanol–water partition coefficient (Wildman–Crippen LogP) is 4.63. The number of hydrogen-bond acceptors (Lipinski definition) is 5. The van der Waals surface area contributed by atoms with Crippen LogP contribution in [0, 0.1) is 11.6 Å². The summed E-state index contributed by atoms with van der Waals surface area (Å²) in [6.07, 6.45) is 5.42. The van der Waals surface area contributed by atoms with Gasteiger partial charge in [-0.15, -0.1) is 0 Å². The second-order valence-corrected chi connectivity index (χ2v) is 9.96. The van der Waals surface area contributed by atoms with Crippen molar-refractivity contribution in [3.05, 3.63) is 82.8 Å². The summed E-state index contributed by atoms with van der Waals surface area (Å²) in [5.74, 6) is -1.06. The second-order valence-electron chi connectivity index (χ2n) is 8.28. The Balaban J connectivity index is 1.53. The van der Waals surface area contributed by atoms with Crippen molar-refractivity contribution in [1.29, 1.82) is 0 Å². The molecule has 174 valence electrons. The molecule has 1 aromatic heterocycles. The summed E-state index contributed by atoms with van der Waals surface area (Å²) in [5, 5.41) is 0. The lowest BCUT2D eigenvalue weighted by atomic mass is 9.97. The molecule has 1 aliphatic heterocycles. The van der Waals surface area contributed by atoms with Crippen LogP contribution in [0.5, 0.6) is 0 Å². The Bertz CT molecular complexity index is 1230. The van der Waals surface area contributed by atoms with Crippen molar-refractivity contribution in [3.63, 3.8) is 0 Å². The molecule has 0 amide bonds. The number of rotatable bonds is 7. The molecule has 0 aliphatic carbocycles. The van der Waals surface area contributed by atoms with E-state index >= 15 is 0 Å². The maximum absolute atomic E-state index is 13.7. The Morgan fingerprint density at radius 1 is 1.06 bits per heavy atom. The van der Waals surface area contributed by atoms with Crippen molar-refractivity contribution in [1.82, 2.24) is 14.9 Å². The smallest absolute Gasteiger partial charge is 0.263 e. The average Bonchev–Trinajstić information content (AvgIpc) is 2.78. The van der Waals surface area contributed by atoms with E-state index in [0.717, 1.165) is 42.1 Å². The van der Waals surface area contributed by atoms with E-state index in [-0.39, 0.29) is 16.8 Å². The number of fused-ring (bicyclic) bond motifs is 1. The van der Waals surface area contributed by atoms with Crippen LogP contribution in [0.1, 0.15) is 48.7 Å². The van der Waals surface area contributed by atoms with Crippen molar-refractivity contribution in [3.8, 4) is 0 Å². The summed E-state index contributed by atoms with van der Waals surface area (Å²) in [4.78, 5) is 10.6. The minimum absolute atomic E-state index is 0.131. The molecule has 2 aromatic carbocycles. The first-order chi connectivity index (χ1) is 15.7. The molecule has 0 saturated carbocycles. The van der Waals surface area contributed by atoms with Crippen LogP contribution in [-0.4, -0.2) is 29.8 Å². The van der Waals surface area contributed by atoms with Crippen LogP contribution in [0.15, 0.2) is 53.7 Å². The summed E-state index contributed by atoms with van der Waals surface area (Å²) in [5.41, 5.74) is 3.29. The number of benzene rings is 2. The highest BCUT2D eigenvalue weighted by atomic mass is 32.2. The lowest BCUT2D eigenvalue weighted by Crippen LogP contribution is -2.33. The van der Waals surface area contributed by atoms with Crippen LogP contribution >= 0.6 is 0 Å². The summed E-state index contributed by atoms with van der Waals surface area (Å²) in [6, 6.07) is 8.36. The van der Waals surface area contributed by atoms with Gasteiger partial charge in [0, 0.05) is 25.2 Å². The molecule has 2 heterocycles. The molecule has 0 bridgehead atoms. The largest absolute Gasteiger partial charge is 0.292 e. The summed E-state index contributed by atoms with van der Waals surface area (Å²) in [7, 11) is -3.84. The van der Waals surface area contributed by atoms with Crippen molar-refractivity contribution in [2.24, 2.45) is 0 Å². The quantitative estimate of drug-likeness (QED) is 0.543. The number of aryl methyl sites for hydroxylation is 1. The number of nitrogens with zero attached hydrogens (tertiary/aromatic N) is 3. The molecule has 6 nitrogen and oxygen atoms in total. The van der Waals surface area contributed by atoms with Crippen LogP contribution in [-0.2, 0) is 29.4 Å². The minimum atomic E-state index is -3.84. The second kappa shape index (κ2) is 9.52. The van der Waals surface area contributed by atoms with Gasteiger partial charge in [0.2, 0.25) is 0 Å². The zero-order chi connectivity index (χ0) is 23.6. The molecular formula is C24H26F2N4O2S. The van der Waals surface area contributed by atoms with Gasteiger partial charge in [-0.1, -0.05) is 19.4 Å². The van der Waals surface area contributed by atoms with Gasteiger partial charge in [-0.2, -0.15) is 0 Å². The average molecular weight is 473 g/mol. The monoisotopic (exact) mass is 472 g/mol. The number of sulfonamides is 1. The normalized spacial score (nSPS) is 15.2. The first-order valence-electron chi connectivity index (χ1n) is 10.9. The Morgan fingerprint density at radius 3 is 2.48 bits per heavy atom. The van der Waals surface area contributed by atoms with Gasteiger partial charge >= 0.3 is 0 Å². The van der Waals surface area contributed by atoms with Gasteiger partial charge in [-0.25, -0.2) is 22.2 Å². The van der Waals surface area contributed by atoms with E-state index in [9.17, 15) is 17.2 Å². The maximum Gasteiger partial charge on any atom is 0.263 e. The van der Waals surface area contributed by atoms with Gasteiger partial charge in [-0.05, 0) is 60.7 Å². The topological polar surface area (TPSA) is 75.2 Å². The van der Waals surface area contributed by atoms with Gasteiger partial charge < -0.3 is 0 Å². The third kappa shape index (κ3) is 5.36. The van der Waals surface area contributed by atoms with Crippen LogP contribution in [0.4, 0.5) is 14.6 Å². The molecule has 0 saturated heterocycles. The predicted molar refractivity (Wildman–Crippen MR) is 122 cm³/mol. The highest BCUT2D eigenvalue weighted by Crippen LogP contribution is 2.30. The molecule has 0 radical (unpaired) electrons. The third-order valence-electron chi connectivity index (χ3n) is 5.90. The first-order valence-corrected chi connectivity index (χ1v) is 12.4. The van der Waals surface area contributed by atoms with E-state index in [0.29, 0.717) is 18.7 Å². The van der Waals surface area contributed by atoms with Gasteiger partial charge in [0.25, 0.3) is 10.0 Å². The van der Waals surface area contributed by atoms with Crippen LogP contribution in [0.2, 0.25) is 0 Å². The lowest BCUT2D eigenvalue weighted by molar-refractivity contribution is 0.191.